The van der Waals surface area contributed by atoms with E-state index in [2.05, 4.69) is 4.65 Å². The third-order valence-corrected chi connectivity index (χ3v) is 2.66. The van der Waals surface area contributed by atoms with Crippen molar-refractivity contribution in [3.8, 4) is 17.2 Å². The lowest BCUT2D eigenvalue weighted by Gasteiger charge is -2.11. The van der Waals surface area contributed by atoms with E-state index >= 15 is 0 Å². The fourth-order valence-corrected chi connectivity index (χ4v) is 1.79. The molecule has 0 atom stereocenters. The lowest BCUT2D eigenvalue weighted by molar-refractivity contribution is 0.404. The fraction of sp³-hybridized carbons (Fsp3) is 0. The van der Waals surface area contributed by atoms with Gasteiger partial charge in [-0.05, 0) is 11.6 Å². The van der Waals surface area contributed by atoms with Crippen LogP contribution in [0.5, 0.6) is 17.2 Å². The molecule has 3 N–H and O–H groups in total. The summed E-state index contributed by atoms with van der Waals surface area (Å²) >= 11 is 0. The van der Waals surface area contributed by atoms with Gasteiger partial charge in [0, 0.05) is 12.1 Å². The fourth-order valence-electron chi connectivity index (χ4n) is 1.79. The Balaban J connectivity index is 2.41. The summed E-state index contributed by atoms with van der Waals surface area (Å²) in [7, 11) is -3.16. The second kappa shape index (κ2) is 6.17. The highest BCUT2D eigenvalue weighted by molar-refractivity contribution is 6.35. The molecule has 0 heterocycles. The maximum atomic E-state index is 12.3. The molecule has 1 aliphatic carbocycles. The van der Waals surface area contributed by atoms with Gasteiger partial charge in [-0.1, -0.05) is 30.4 Å². The number of benzene rings is 1. The van der Waals surface area contributed by atoms with Gasteiger partial charge in [0.25, 0.3) is 0 Å². The molecule has 1 aliphatic rings. The van der Waals surface area contributed by atoms with Gasteiger partial charge in [-0.2, -0.15) is 0 Å². The number of rotatable bonds is 4. The summed E-state index contributed by atoms with van der Waals surface area (Å²) in [5.41, 5.74) is 0.465. The van der Waals surface area contributed by atoms with E-state index in [0.717, 1.165) is 17.7 Å². The smallest absolute Gasteiger partial charge is 0.508 e. The Morgan fingerprint density at radius 3 is 2.43 bits per heavy atom. The van der Waals surface area contributed by atoms with Crippen molar-refractivity contribution in [3.63, 3.8) is 0 Å². The third kappa shape index (κ3) is 3.65. The maximum absolute atomic E-state index is 12.3. The first-order valence-corrected chi connectivity index (χ1v) is 5.94. The zero-order chi connectivity index (χ0) is 15.4. The maximum Gasteiger partial charge on any atom is 0.796 e. The van der Waals surface area contributed by atoms with Crippen LogP contribution in [-0.2, 0) is 0 Å². The average Bonchev–Trinajstić information content (AvgIpc) is 2.87. The monoisotopic (exact) mass is 292 g/mol. The van der Waals surface area contributed by atoms with Crippen LogP contribution < -0.4 is 4.65 Å². The van der Waals surface area contributed by atoms with Gasteiger partial charge in [-0.3, -0.25) is 0 Å². The lowest BCUT2D eigenvalue weighted by Crippen LogP contribution is -2.10. The van der Waals surface area contributed by atoms with E-state index < -0.39 is 30.5 Å². The first kappa shape index (κ1) is 14.7. The molecule has 7 heteroatoms. The van der Waals surface area contributed by atoms with Crippen LogP contribution >= 0.6 is 0 Å². The van der Waals surface area contributed by atoms with Crippen molar-refractivity contribution in [2.45, 2.75) is 0 Å². The van der Waals surface area contributed by atoms with Gasteiger partial charge in [0.05, 0.1) is 5.56 Å². The Labute approximate surface area is 119 Å². The normalized spacial score (nSPS) is 13.6. The number of halogens is 2. The molecule has 0 saturated heterocycles. The molecule has 0 radical (unpaired) electrons. The molecule has 2 rings (SSSR count). The van der Waals surface area contributed by atoms with Crippen LogP contribution in [0.15, 0.2) is 54.2 Å². The zero-order valence-corrected chi connectivity index (χ0v) is 10.7. The first-order chi connectivity index (χ1) is 9.97. The summed E-state index contributed by atoms with van der Waals surface area (Å²) in [4.78, 5) is 0. The molecule has 0 amide bonds. The molecule has 1 aromatic rings. The van der Waals surface area contributed by atoms with Gasteiger partial charge in [-0.25, -0.2) is 8.63 Å². The number of phenols is 2. The van der Waals surface area contributed by atoms with E-state index in [1.165, 1.54) is 12.2 Å². The molecule has 0 unspecified atom stereocenters. The predicted octanol–water partition coefficient (Wildman–Crippen LogP) is 3.35. The van der Waals surface area contributed by atoms with Crippen LogP contribution in [-0.4, -0.2) is 22.8 Å². The number of hydrogen-bond acceptors (Lipinski definition) is 4. The van der Waals surface area contributed by atoms with Crippen LogP contribution in [0.3, 0.4) is 0 Å². The molecule has 0 saturated carbocycles. The SMILES string of the molecule is OC(=CC=C1C=CC=C1)c1c(O)cc(O)cc1OB(F)F. The Hall–Kier alpha value is -2.70. The van der Waals surface area contributed by atoms with Crippen LogP contribution in [0.1, 0.15) is 5.56 Å². The highest BCUT2D eigenvalue weighted by Crippen LogP contribution is 2.37. The molecule has 0 aromatic heterocycles. The van der Waals surface area contributed by atoms with Crippen molar-refractivity contribution in [3.05, 3.63) is 59.7 Å². The second-order valence-electron chi connectivity index (χ2n) is 4.15. The van der Waals surface area contributed by atoms with Crippen molar-refractivity contribution >= 4 is 13.2 Å². The Morgan fingerprint density at radius 2 is 1.81 bits per heavy atom. The van der Waals surface area contributed by atoms with Gasteiger partial charge >= 0.3 is 7.47 Å². The van der Waals surface area contributed by atoms with Gasteiger partial charge in [0.1, 0.15) is 23.0 Å². The van der Waals surface area contributed by atoms with Crippen molar-refractivity contribution in [2.24, 2.45) is 0 Å². The molecule has 21 heavy (non-hydrogen) atoms. The molecule has 0 fully saturated rings. The van der Waals surface area contributed by atoms with Crippen molar-refractivity contribution in [1.29, 1.82) is 0 Å². The second-order valence-corrected chi connectivity index (χ2v) is 4.15. The topological polar surface area (TPSA) is 69.9 Å². The van der Waals surface area contributed by atoms with E-state index in [1.807, 2.05) is 0 Å². The molecule has 1 aromatic carbocycles. The lowest BCUT2D eigenvalue weighted by atomic mass is 10.1. The number of allylic oxidation sites excluding steroid dienone is 7. The summed E-state index contributed by atoms with van der Waals surface area (Å²) in [5, 5.41) is 29.0. The summed E-state index contributed by atoms with van der Waals surface area (Å²) in [6.45, 7) is 0. The molecule has 108 valence electrons. The standard InChI is InChI=1S/C14H11BF2O4/c16-15(17)21-13-8-10(18)7-12(20)14(13)11(19)6-5-9-3-1-2-4-9/h1-8,18-20H. The summed E-state index contributed by atoms with van der Waals surface area (Å²) in [6.07, 6.45) is 9.90. The van der Waals surface area contributed by atoms with Gasteiger partial charge in [0.2, 0.25) is 0 Å². The minimum absolute atomic E-state index is 0.323. The minimum atomic E-state index is -3.16. The quantitative estimate of drug-likeness (QED) is 0.588. The van der Waals surface area contributed by atoms with Crippen molar-refractivity contribution in [1.82, 2.24) is 0 Å². The number of hydrogen-bond donors (Lipinski definition) is 3. The highest BCUT2D eigenvalue weighted by atomic mass is 19.2. The predicted molar refractivity (Wildman–Crippen MR) is 75.3 cm³/mol. The summed E-state index contributed by atoms with van der Waals surface area (Å²) in [6, 6.07) is 1.80. The molecule has 0 aliphatic heterocycles. The number of aliphatic hydroxyl groups is 1. The molecular formula is C14H11BF2O4. The number of phenolic OH excluding ortho intramolecular Hbond substituents is 2. The van der Waals surface area contributed by atoms with E-state index in [1.54, 1.807) is 24.3 Å². The summed E-state index contributed by atoms with van der Waals surface area (Å²) < 4.78 is 28.9. The molecule has 0 spiro atoms. The minimum Gasteiger partial charge on any atom is -0.508 e. The zero-order valence-electron chi connectivity index (χ0n) is 10.7. The Bertz CT molecular complexity index is 649. The van der Waals surface area contributed by atoms with Crippen LogP contribution in [0, 0.1) is 0 Å². The number of aromatic hydroxyl groups is 2. The van der Waals surface area contributed by atoms with E-state index in [-0.39, 0.29) is 5.56 Å². The van der Waals surface area contributed by atoms with E-state index in [4.69, 9.17) is 0 Å². The largest absolute Gasteiger partial charge is 0.796 e. The van der Waals surface area contributed by atoms with Crippen molar-refractivity contribution < 1.29 is 28.6 Å². The van der Waals surface area contributed by atoms with Crippen LogP contribution in [0.4, 0.5) is 8.63 Å². The van der Waals surface area contributed by atoms with E-state index in [9.17, 15) is 24.0 Å². The highest BCUT2D eigenvalue weighted by Gasteiger charge is 2.23. The van der Waals surface area contributed by atoms with Gasteiger partial charge < -0.3 is 20.0 Å². The van der Waals surface area contributed by atoms with Gasteiger partial charge in [0.15, 0.2) is 0 Å². The van der Waals surface area contributed by atoms with Crippen LogP contribution in [0.2, 0.25) is 0 Å². The van der Waals surface area contributed by atoms with E-state index in [0.29, 0.717) is 0 Å². The number of aliphatic hydroxyl groups excluding tert-OH is 1. The van der Waals surface area contributed by atoms with Gasteiger partial charge in [-0.15, -0.1) is 0 Å². The first-order valence-electron chi connectivity index (χ1n) is 5.94. The Kier molecular flexibility index (Phi) is 4.32. The van der Waals surface area contributed by atoms with Crippen molar-refractivity contribution in [2.75, 3.05) is 0 Å². The summed E-state index contributed by atoms with van der Waals surface area (Å²) in [5.74, 6) is -2.02. The average molecular weight is 292 g/mol. The Morgan fingerprint density at radius 1 is 1.14 bits per heavy atom. The molecule has 4 nitrogen and oxygen atoms in total. The van der Waals surface area contributed by atoms with Crippen LogP contribution in [0.25, 0.3) is 5.76 Å². The molecular weight excluding hydrogens is 281 g/mol. The third-order valence-electron chi connectivity index (χ3n) is 2.66. The molecule has 0 bridgehead atoms.